The zero-order valence-corrected chi connectivity index (χ0v) is 17.0. The average molecular weight is 414 g/mol. The summed E-state index contributed by atoms with van der Waals surface area (Å²) >= 11 is 7.33. The number of carbonyl (C=O) groups is 1. The van der Waals surface area contributed by atoms with Crippen LogP contribution in [0.2, 0.25) is 5.15 Å². The van der Waals surface area contributed by atoms with Crippen LogP contribution in [0.5, 0.6) is 0 Å². The van der Waals surface area contributed by atoms with Crippen molar-refractivity contribution in [3.63, 3.8) is 0 Å². The fraction of sp³-hybridized carbons (Fsp3) is 0.300. The van der Waals surface area contributed by atoms with E-state index in [1.807, 2.05) is 31.2 Å². The summed E-state index contributed by atoms with van der Waals surface area (Å²) in [7, 11) is 0. The van der Waals surface area contributed by atoms with E-state index in [2.05, 4.69) is 37.5 Å². The summed E-state index contributed by atoms with van der Waals surface area (Å²) in [5, 5.41) is 12.0. The van der Waals surface area contributed by atoms with Gasteiger partial charge in [-0.05, 0) is 37.5 Å². The van der Waals surface area contributed by atoms with Gasteiger partial charge in [-0.15, -0.1) is 10.2 Å². The molecule has 4 rings (SSSR count). The molecule has 1 fully saturated rings. The number of hydrogen-bond acceptors (Lipinski definition) is 6. The topological polar surface area (TPSA) is 71.0 Å². The number of aryl methyl sites for hydroxylation is 1. The highest BCUT2D eigenvalue weighted by atomic mass is 35.5. The number of piperidine rings is 1. The molecule has 0 aliphatic carbocycles. The summed E-state index contributed by atoms with van der Waals surface area (Å²) in [6, 6.07) is 13.7. The Morgan fingerprint density at radius 3 is 2.79 bits per heavy atom. The van der Waals surface area contributed by atoms with Crippen molar-refractivity contribution in [3.05, 3.63) is 53.3 Å². The van der Waals surface area contributed by atoms with Crippen molar-refractivity contribution in [3.8, 4) is 10.4 Å². The molecule has 0 spiro atoms. The normalized spacial score (nSPS) is 16.8. The number of amides is 1. The average Bonchev–Trinajstić information content (AvgIpc) is 3.09. The highest BCUT2D eigenvalue weighted by molar-refractivity contribution is 7.19. The second-order valence-corrected chi connectivity index (χ2v) is 8.17. The minimum atomic E-state index is -0.115. The number of thiazole rings is 1. The van der Waals surface area contributed by atoms with Crippen molar-refractivity contribution in [2.75, 3.05) is 23.3 Å². The lowest BCUT2D eigenvalue weighted by Crippen LogP contribution is -2.41. The SMILES string of the molecule is Cc1nc(NC(=O)[C@H]2CCCN(c3ccc(Cl)nn3)C2)sc1-c1ccccc1. The quantitative estimate of drug-likeness (QED) is 0.685. The molecule has 144 valence electrons. The van der Waals surface area contributed by atoms with Crippen molar-refractivity contribution >= 4 is 39.8 Å². The Hall–Kier alpha value is -2.51. The standard InChI is InChI=1S/C20H20ClN5OS/c1-13-18(14-6-3-2-4-7-14)28-20(22-13)23-19(27)15-8-5-11-26(12-15)17-10-9-16(21)24-25-17/h2-4,6-7,9-10,15H,5,8,11-12H2,1H3,(H,22,23,27)/t15-/m0/s1. The van der Waals surface area contributed by atoms with E-state index in [9.17, 15) is 4.79 Å². The Bertz CT molecular complexity index is 960. The molecule has 1 aliphatic heterocycles. The molecular weight excluding hydrogens is 394 g/mol. The van der Waals surface area contributed by atoms with Gasteiger partial charge in [0.15, 0.2) is 16.1 Å². The van der Waals surface area contributed by atoms with E-state index in [0.29, 0.717) is 16.8 Å². The second-order valence-electron chi connectivity index (χ2n) is 6.79. The third kappa shape index (κ3) is 4.15. The smallest absolute Gasteiger partial charge is 0.231 e. The molecular formula is C20H20ClN5OS. The summed E-state index contributed by atoms with van der Waals surface area (Å²) in [4.78, 5) is 20.5. The van der Waals surface area contributed by atoms with Gasteiger partial charge >= 0.3 is 0 Å². The zero-order valence-electron chi connectivity index (χ0n) is 15.4. The van der Waals surface area contributed by atoms with Gasteiger partial charge in [0.05, 0.1) is 16.5 Å². The van der Waals surface area contributed by atoms with Gasteiger partial charge in [0.1, 0.15) is 0 Å². The van der Waals surface area contributed by atoms with Gasteiger partial charge in [0, 0.05) is 13.1 Å². The van der Waals surface area contributed by atoms with E-state index in [4.69, 9.17) is 11.6 Å². The van der Waals surface area contributed by atoms with Crippen molar-refractivity contribution in [1.82, 2.24) is 15.2 Å². The third-order valence-electron chi connectivity index (χ3n) is 4.80. The predicted octanol–water partition coefficient (Wildman–Crippen LogP) is 4.42. The Morgan fingerprint density at radius 1 is 1.21 bits per heavy atom. The summed E-state index contributed by atoms with van der Waals surface area (Å²) in [6.45, 7) is 3.43. The van der Waals surface area contributed by atoms with Gasteiger partial charge < -0.3 is 10.2 Å². The van der Waals surface area contributed by atoms with E-state index in [-0.39, 0.29) is 11.8 Å². The molecule has 3 heterocycles. The molecule has 8 heteroatoms. The molecule has 1 amide bonds. The molecule has 3 aromatic rings. The molecule has 28 heavy (non-hydrogen) atoms. The summed E-state index contributed by atoms with van der Waals surface area (Å²) < 4.78 is 0. The molecule has 0 saturated carbocycles. The van der Waals surface area contributed by atoms with Crippen LogP contribution in [0.4, 0.5) is 10.9 Å². The van der Waals surface area contributed by atoms with Crippen molar-refractivity contribution in [2.45, 2.75) is 19.8 Å². The molecule has 0 bridgehead atoms. The van der Waals surface area contributed by atoms with Gasteiger partial charge in [-0.3, -0.25) is 4.79 Å². The highest BCUT2D eigenvalue weighted by Gasteiger charge is 2.27. The molecule has 1 aliphatic rings. The lowest BCUT2D eigenvalue weighted by Gasteiger charge is -2.32. The van der Waals surface area contributed by atoms with E-state index >= 15 is 0 Å². The lowest BCUT2D eigenvalue weighted by molar-refractivity contribution is -0.120. The maximum absolute atomic E-state index is 12.8. The number of halogens is 1. The minimum absolute atomic E-state index is 0.0000145. The molecule has 1 atom stereocenters. The molecule has 2 aromatic heterocycles. The highest BCUT2D eigenvalue weighted by Crippen LogP contribution is 2.33. The summed E-state index contributed by atoms with van der Waals surface area (Å²) in [5.41, 5.74) is 2.04. The largest absolute Gasteiger partial charge is 0.354 e. The Kier molecular flexibility index (Phi) is 5.54. The zero-order chi connectivity index (χ0) is 19.5. The van der Waals surface area contributed by atoms with Crippen molar-refractivity contribution in [2.24, 2.45) is 5.92 Å². The molecule has 1 aromatic carbocycles. The first-order valence-corrected chi connectivity index (χ1v) is 10.4. The van der Waals surface area contributed by atoms with E-state index < -0.39 is 0 Å². The van der Waals surface area contributed by atoms with Gasteiger partial charge in [0.25, 0.3) is 0 Å². The van der Waals surface area contributed by atoms with Gasteiger partial charge in [-0.25, -0.2) is 4.98 Å². The van der Waals surface area contributed by atoms with Gasteiger partial charge in [-0.1, -0.05) is 53.3 Å². The molecule has 1 saturated heterocycles. The number of hydrogen-bond donors (Lipinski definition) is 1. The van der Waals surface area contributed by atoms with Crippen molar-refractivity contribution in [1.29, 1.82) is 0 Å². The predicted molar refractivity (Wildman–Crippen MR) is 113 cm³/mol. The first-order valence-electron chi connectivity index (χ1n) is 9.18. The van der Waals surface area contributed by atoms with Crippen LogP contribution in [0.15, 0.2) is 42.5 Å². The third-order valence-corrected chi connectivity index (χ3v) is 6.12. The van der Waals surface area contributed by atoms with E-state index in [1.54, 1.807) is 6.07 Å². The van der Waals surface area contributed by atoms with Crippen LogP contribution >= 0.6 is 22.9 Å². The van der Waals surface area contributed by atoms with Crippen LogP contribution in [0, 0.1) is 12.8 Å². The van der Waals surface area contributed by atoms with Gasteiger partial charge in [0.2, 0.25) is 5.91 Å². The van der Waals surface area contributed by atoms with Crippen LogP contribution in [-0.2, 0) is 4.79 Å². The number of benzene rings is 1. The Morgan fingerprint density at radius 2 is 2.04 bits per heavy atom. The maximum Gasteiger partial charge on any atom is 0.231 e. The fourth-order valence-corrected chi connectivity index (χ4v) is 4.47. The first kappa shape index (κ1) is 18.8. The van der Waals surface area contributed by atoms with Crippen LogP contribution in [0.1, 0.15) is 18.5 Å². The Labute approximate surface area is 172 Å². The number of aromatic nitrogens is 3. The summed E-state index contributed by atoms with van der Waals surface area (Å²) in [6.07, 6.45) is 1.77. The number of anilines is 2. The molecule has 0 radical (unpaired) electrons. The lowest BCUT2D eigenvalue weighted by atomic mass is 9.97. The van der Waals surface area contributed by atoms with E-state index in [0.717, 1.165) is 41.3 Å². The number of nitrogens with zero attached hydrogens (tertiary/aromatic N) is 4. The summed E-state index contributed by atoms with van der Waals surface area (Å²) in [5.74, 6) is 0.633. The minimum Gasteiger partial charge on any atom is -0.354 e. The molecule has 0 unspecified atom stereocenters. The first-order chi connectivity index (χ1) is 13.6. The molecule has 1 N–H and O–H groups in total. The van der Waals surface area contributed by atoms with Crippen LogP contribution < -0.4 is 10.2 Å². The van der Waals surface area contributed by atoms with Crippen LogP contribution in [0.25, 0.3) is 10.4 Å². The Balaban J connectivity index is 1.44. The van der Waals surface area contributed by atoms with E-state index in [1.165, 1.54) is 11.3 Å². The van der Waals surface area contributed by atoms with Crippen LogP contribution in [-0.4, -0.2) is 34.2 Å². The van der Waals surface area contributed by atoms with Gasteiger partial charge in [-0.2, -0.15) is 0 Å². The number of nitrogens with one attached hydrogen (secondary N) is 1. The molecule has 6 nitrogen and oxygen atoms in total. The second kappa shape index (κ2) is 8.24. The number of rotatable bonds is 4. The fourth-order valence-electron chi connectivity index (χ4n) is 3.39. The maximum atomic E-state index is 12.8. The number of carbonyl (C=O) groups excluding carboxylic acids is 1. The monoisotopic (exact) mass is 413 g/mol. The van der Waals surface area contributed by atoms with Crippen LogP contribution in [0.3, 0.4) is 0 Å². The van der Waals surface area contributed by atoms with Crippen molar-refractivity contribution < 1.29 is 4.79 Å².